The molecule has 3 N–H and O–H groups in total. The summed E-state index contributed by atoms with van der Waals surface area (Å²) in [6.45, 7) is 0.582. The van der Waals surface area contributed by atoms with Crippen LogP contribution < -0.4 is 5.73 Å². The quantitative estimate of drug-likeness (QED) is 0.914. The fourth-order valence-corrected chi connectivity index (χ4v) is 3.47. The number of aliphatic hydroxyl groups excluding tert-OH is 1. The number of carbonyl (C=O) groups is 1. The SMILES string of the molecule is CN(Cc1cccc2ccccc12)C(=O)[C@H]1CC[C@H](N)[C@@H](O)C1. The highest BCUT2D eigenvalue weighted by Crippen LogP contribution is 2.26. The predicted octanol–water partition coefficient (Wildman–Crippen LogP) is 2.29. The van der Waals surface area contributed by atoms with Gasteiger partial charge in [-0.1, -0.05) is 42.5 Å². The molecule has 0 unspecified atom stereocenters. The first-order valence-electron chi connectivity index (χ1n) is 8.21. The molecule has 1 amide bonds. The summed E-state index contributed by atoms with van der Waals surface area (Å²) in [4.78, 5) is 14.4. The van der Waals surface area contributed by atoms with Crippen molar-refractivity contribution in [3.8, 4) is 0 Å². The zero-order valence-corrected chi connectivity index (χ0v) is 13.5. The van der Waals surface area contributed by atoms with E-state index in [0.29, 0.717) is 19.4 Å². The molecule has 0 spiro atoms. The summed E-state index contributed by atoms with van der Waals surface area (Å²) in [7, 11) is 1.84. The number of benzene rings is 2. The van der Waals surface area contributed by atoms with Crippen molar-refractivity contribution in [1.29, 1.82) is 0 Å². The molecule has 4 heteroatoms. The van der Waals surface area contributed by atoms with Crippen molar-refractivity contribution in [2.24, 2.45) is 11.7 Å². The molecule has 2 aromatic rings. The van der Waals surface area contributed by atoms with Gasteiger partial charge in [-0.2, -0.15) is 0 Å². The van der Waals surface area contributed by atoms with Crippen molar-refractivity contribution < 1.29 is 9.90 Å². The fraction of sp³-hybridized carbons (Fsp3) is 0.421. The van der Waals surface area contributed by atoms with Crippen molar-refractivity contribution in [2.75, 3.05) is 7.05 Å². The van der Waals surface area contributed by atoms with Crippen molar-refractivity contribution in [2.45, 2.75) is 38.0 Å². The molecule has 1 aliphatic carbocycles. The van der Waals surface area contributed by atoms with E-state index >= 15 is 0 Å². The number of hydrogen-bond donors (Lipinski definition) is 2. The fourth-order valence-electron chi connectivity index (χ4n) is 3.47. The van der Waals surface area contributed by atoms with Gasteiger partial charge < -0.3 is 15.7 Å². The van der Waals surface area contributed by atoms with Crippen LogP contribution in [0.25, 0.3) is 10.8 Å². The molecular formula is C19H24N2O2. The lowest BCUT2D eigenvalue weighted by Crippen LogP contribution is -2.44. The van der Waals surface area contributed by atoms with Gasteiger partial charge in [-0.15, -0.1) is 0 Å². The van der Waals surface area contributed by atoms with Gasteiger partial charge >= 0.3 is 0 Å². The number of amides is 1. The lowest BCUT2D eigenvalue weighted by Gasteiger charge is -2.32. The number of fused-ring (bicyclic) bond motifs is 1. The van der Waals surface area contributed by atoms with E-state index in [1.54, 1.807) is 4.90 Å². The highest BCUT2D eigenvalue weighted by atomic mass is 16.3. The number of aliphatic hydroxyl groups is 1. The van der Waals surface area contributed by atoms with Gasteiger partial charge in [0.2, 0.25) is 5.91 Å². The standard InChI is InChI=1S/C19H24N2O2/c1-21(19(23)14-9-10-17(20)18(22)11-14)12-15-7-4-6-13-5-2-3-8-16(13)15/h2-8,14,17-18,22H,9-12,20H2,1H3/t14-,17-,18-/m0/s1. The molecule has 0 radical (unpaired) electrons. The normalized spacial score (nSPS) is 24.6. The molecule has 0 bridgehead atoms. The summed E-state index contributed by atoms with van der Waals surface area (Å²) < 4.78 is 0. The molecule has 0 aromatic heterocycles. The maximum Gasteiger partial charge on any atom is 0.225 e. The Hall–Kier alpha value is -1.91. The van der Waals surface area contributed by atoms with E-state index in [0.717, 1.165) is 12.0 Å². The van der Waals surface area contributed by atoms with Crippen molar-refractivity contribution in [3.05, 3.63) is 48.0 Å². The van der Waals surface area contributed by atoms with Crippen LogP contribution in [-0.2, 0) is 11.3 Å². The average molecular weight is 312 g/mol. The van der Waals surface area contributed by atoms with Gasteiger partial charge in [-0.3, -0.25) is 4.79 Å². The van der Waals surface area contributed by atoms with E-state index in [1.807, 2.05) is 25.2 Å². The minimum atomic E-state index is -0.566. The van der Waals surface area contributed by atoms with Crippen LogP contribution in [-0.4, -0.2) is 35.1 Å². The first kappa shape index (κ1) is 16.0. The topological polar surface area (TPSA) is 66.6 Å². The van der Waals surface area contributed by atoms with E-state index < -0.39 is 6.10 Å². The Labute approximate surface area is 136 Å². The second kappa shape index (κ2) is 6.69. The van der Waals surface area contributed by atoms with Crippen LogP contribution in [0.3, 0.4) is 0 Å². The second-order valence-corrected chi connectivity index (χ2v) is 6.57. The van der Waals surface area contributed by atoms with Crippen LogP contribution >= 0.6 is 0 Å². The third-order valence-corrected chi connectivity index (χ3v) is 4.88. The van der Waals surface area contributed by atoms with E-state index in [-0.39, 0.29) is 17.9 Å². The van der Waals surface area contributed by atoms with Crippen molar-refractivity contribution >= 4 is 16.7 Å². The maximum atomic E-state index is 12.7. The third-order valence-electron chi connectivity index (χ3n) is 4.88. The molecular weight excluding hydrogens is 288 g/mol. The van der Waals surface area contributed by atoms with E-state index in [2.05, 4.69) is 24.3 Å². The van der Waals surface area contributed by atoms with Gasteiger partial charge in [-0.05, 0) is 35.6 Å². The number of carbonyl (C=O) groups excluding carboxylic acids is 1. The molecule has 3 rings (SSSR count). The molecule has 3 atom stereocenters. The monoisotopic (exact) mass is 312 g/mol. The summed E-state index contributed by atoms with van der Waals surface area (Å²) in [6.07, 6.45) is 1.37. The molecule has 23 heavy (non-hydrogen) atoms. The van der Waals surface area contributed by atoms with E-state index in [4.69, 9.17) is 5.73 Å². The van der Waals surface area contributed by atoms with Crippen LogP contribution in [0.5, 0.6) is 0 Å². The van der Waals surface area contributed by atoms with Crippen LogP contribution in [0.2, 0.25) is 0 Å². The summed E-state index contributed by atoms with van der Waals surface area (Å²) in [6, 6.07) is 14.2. The molecule has 1 saturated carbocycles. The average Bonchev–Trinajstić information content (AvgIpc) is 2.57. The molecule has 0 heterocycles. The second-order valence-electron chi connectivity index (χ2n) is 6.57. The van der Waals surface area contributed by atoms with Crippen LogP contribution in [0.15, 0.2) is 42.5 Å². The van der Waals surface area contributed by atoms with Gasteiger partial charge in [0.25, 0.3) is 0 Å². The van der Waals surface area contributed by atoms with Gasteiger partial charge in [0.1, 0.15) is 0 Å². The Morgan fingerprint density at radius 3 is 2.74 bits per heavy atom. The number of nitrogens with zero attached hydrogens (tertiary/aromatic N) is 1. The molecule has 1 fully saturated rings. The zero-order valence-electron chi connectivity index (χ0n) is 13.5. The minimum absolute atomic E-state index is 0.101. The first-order valence-corrected chi connectivity index (χ1v) is 8.21. The molecule has 1 aliphatic rings. The van der Waals surface area contributed by atoms with Gasteiger partial charge in [0.05, 0.1) is 6.10 Å². The largest absolute Gasteiger partial charge is 0.391 e. The first-order chi connectivity index (χ1) is 11.1. The summed E-state index contributed by atoms with van der Waals surface area (Å²) in [5.74, 6) is -0.0198. The Bertz CT molecular complexity index is 695. The lowest BCUT2D eigenvalue weighted by atomic mass is 9.83. The number of rotatable bonds is 3. The highest BCUT2D eigenvalue weighted by Gasteiger charge is 2.32. The maximum absolute atomic E-state index is 12.7. The van der Waals surface area contributed by atoms with E-state index in [1.165, 1.54) is 10.8 Å². The zero-order chi connectivity index (χ0) is 16.4. The molecule has 122 valence electrons. The van der Waals surface area contributed by atoms with Gasteiger partial charge in [-0.25, -0.2) is 0 Å². The van der Waals surface area contributed by atoms with Crippen molar-refractivity contribution in [3.63, 3.8) is 0 Å². The molecule has 4 nitrogen and oxygen atoms in total. The number of nitrogens with two attached hydrogens (primary N) is 1. The Morgan fingerprint density at radius 2 is 1.96 bits per heavy atom. The Balaban J connectivity index is 1.73. The van der Waals surface area contributed by atoms with Crippen LogP contribution in [0.4, 0.5) is 0 Å². The highest BCUT2D eigenvalue weighted by molar-refractivity contribution is 5.86. The minimum Gasteiger partial charge on any atom is -0.391 e. The molecule has 2 aromatic carbocycles. The lowest BCUT2D eigenvalue weighted by molar-refractivity contribution is -0.137. The van der Waals surface area contributed by atoms with Gasteiger partial charge in [0, 0.05) is 25.6 Å². The van der Waals surface area contributed by atoms with Gasteiger partial charge in [0.15, 0.2) is 0 Å². The Kier molecular flexibility index (Phi) is 4.64. The summed E-state index contributed by atoms with van der Waals surface area (Å²) in [5, 5.41) is 12.3. The number of hydrogen-bond acceptors (Lipinski definition) is 3. The van der Waals surface area contributed by atoms with Crippen LogP contribution in [0.1, 0.15) is 24.8 Å². The summed E-state index contributed by atoms with van der Waals surface area (Å²) >= 11 is 0. The van der Waals surface area contributed by atoms with Crippen LogP contribution in [0, 0.1) is 5.92 Å². The molecule has 0 aliphatic heterocycles. The smallest absolute Gasteiger partial charge is 0.225 e. The molecule has 0 saturated heterocycles. The van der Waals surface area contributed by atoms with Crippen molar-refractivity contribution in [1.82, 2.24) is 4.90 Å². The Morgan fingerprint density at radius 1 is 1.22 bits per heavy atom. The summed E-state index contributed by atoms with van der Waals surface area (Å²) in [5.41, 5.74) is 6.97. The van der Waals surface area contributed by atoms with E-state index in [9.17, 15) is 9.90 Å². The third kappa shape index (κ3) is 3.38. The predicted molar refractivity (Wildman–Crippen MR) is 91.7 cm³/mol.